The molecular weight excluding hydrogens is 282 g/mol. The van der Waals surface area contributed by atoms with E-state index in [0.717, 1.165) is 15.8 Å². The third-order valence-electron chi connectivity index (χ3n) is 3.22. The average Bonchev–Trinajstić information content (AvgIpc) is 2.88. The Bertz CT molecular complexity index is 793. The van der Waals surface area contributed by atoms with Crippen molar-refractivity contribution in [2.24, 2.45) is 5.73 Å². The molecule has 3 N–H and O–H groups in total. The molecule has 0 saturated heterocycles. The lowest BCUT2D eigenvalue weighted by atomic mass is 10.1. The fourth-order valence-corrected chi connectivity index (χ4v) is 3.01. The van der Waals surface area contributed by atoms with Crippen LogP contribution in [0.4, 0.5) is 5.13 Å². The van der Waals surface area contributed by atoms with Gasteiger partial charge in [-0.05, 0) is 42.3 Å². The van der Waals surface area contributed by atoms with Crippen LogP contribution in [0.5, 0.6) is 0 Å². The van der Waals surface area contributed by atoms with Crippen LogP contribution in [0, 0.1) is 6.92 Å². The number of amides is 1. The van der Waals surface area contributed by atoms with E-state index in [0.29, 0.717) is 17.2 Å². The lowest BCUT2D eigenvalue weighted by molar-refractivity contribution is 0.102. The number of carbonyl (C=O) groups is 1. The van der Waals surface area contributed by atoms with Crippen LogP contribution in [-0.2, 0) is 6.54 Å². The fraction of sp³-hybridized carbons (Fsp3) is 0.125. The third kappa shape index (κ3) is 2.94. The van der Waals surface area contributed by atoms with E-state index >= 15 is 0 Å². The molecule has 0 aliphatic carbocycles. The zero-order chi connectivity index (χ0) is 14.8. The standard InChI is InChI=1S/C16H15N3OS/c1-10-2-7-13-14(8-10)21-16(18-13)19-15(20)12-5-3-11(9-17)4-6-12/h2-8H,9,17H2,1H3,(H,18,19,20). The molecule has 106 valence electrons. The number of benzene rings is 2. The van der Waals surface area contributed by atoms with E-state index in [9.17, 15) is 4.79 Å². The SMILES string of the molecule is Cc1ccc2nc(NC(=O)c3ccc(CN)cc3)sc2c1. The van der Waals surface area contributed by atoms with Crippen molar-refractivity contribution in [2.45, 2.75) is 13.5 Å². The Morgan fingerprint density at radius 1 is 1.24 bits per heavy atom. The van der Waals surface area contributed by atoms with Crippen molar-refractivity contribution in [1.29, 1.82) is 0 Å². The highest BCUT2D eigenvalue weighted by atomic mass is 32.1. The number of carbonyl (C=O) groups excluding carboxylic acids is 1. The predicted octanol–water partition coefficient (Wildman–Crippen LogP) is 3.32. The number of hydrogen-bond donors (Lipinski definition) is 2. The maximum atomic E-state index is 12.2. The van der Waals surface area contributed by atoms with Crippen LogP contribution < -0.4 is 11.1 Å². The van der Waals surface area contributed by atoms with Gasteiger partial charge in [0.25, 0.3) is 5.91 Å². The number of rotatable bonds is 3. The van der Waals surface area contributed by atoms with Gasteiger partial charge in [0.1, 0.15) is 0 Å². The molecule has 1 amide bonds. The highest BCUT2D eigenvalue weighted by Gasteiger charge is 2.09. The fourth-order valence-electron chi connectivity index (χ4n) is 2.05. The van der Waals surface area contributed by atoms with Crippen molar-refractivity contribution in [3.8, 4) is 0 Å². The Morgan fingerprint density at radius 2 is 2.00 bits per heavy atom. The lowest BCUT2D eigenvalue weighted by Gasteiger charge is -2.02. The van der Waals surface area contributed by atoms with Gasteiger partial charge in [-0.15, -0.1) is 0 Å². The molecule has 3 rings (SSSR count). The predicted molar refractivity (Wildman–Crippen MR) is 86.6 cm³/mol. The molecule has 0 fully saturated rings. The molecule has 4 nitrogen and oxygen atoms in total. The summed E-state index contributed by atoms with van der Waals surface area (Å²) in [5.41, 5.74) is 9.23. The van der Waals surface area contributed by atoms with Crippen LogP contribution in [0.3, 0.4) is 0 Å². The summed E-state index contributed by atoms with van der Waals surface area (Å²) >= 11 is 1.48. The number of aromatic nitrogens is 1. The monoisotopic (exact) mass is 297 g/mol. The molecule has 0 aliphatic rings. The molecule has 21 heavy (non-hydrogen) atoms. The van der Waals surface area contributed by atoms with Crippen LogP contribution >= 0.6 is 11.3 Å². The molecule has 2 aromatic carbocycles. The van der Waals surface area contributed by atoms with E-state index < -0.39 is 0 Å². The summed E-state index contributed by atoms with van der Waals surface area (Å²) in [7, 11) is 0. The highest BCUT2D eigenvalue weighted by Crippen LogP contribution is 2.27. The topological polar surface area (TPSA) is 68.0 Å². The van der Waals surface area contributed by atoms with Gasteiger partial charge in [0.05, 0.1) is 10.2 Å². The summed E-state index contributed by atoms with van der Waals surface area (Å²) < 4.78 is 1.07. The van der Waals surface area contributed by atoms with E-state index in [-0.39, 0.29) is 5.91 Å². The molecular formula is C16H15N3OS. The van der Waals surface area contributed by atoms with Gasteiger partial charge in [-0.1, -0.05) is 29.5 Å². The van der Waals surface area contributed by atoms with Crippen molar-refractivity contribution in [3.63, 3.8) is 0 Å². The van der Waals surface area contributed by atoms with E-state index in [2.05, 4.69) is 16.4 Å². The Balaban J connectivity index is 1.81. The molecule has 0 unspecified atom stereocenters. The van der Waals surface area contributed by atoms with Gasteiger partial charge in [0.2, 0.25) is 0 Å². The number of nitrogens with two attached hydrogens (primary N) is 1. The lowest BCUT2D eigenvalue weighted by Crippen LogP contribution is -2.11. The van der Waals surface area contributed by atoms with Gasteiger partial charge in [0, 0.05) is 12.1 Å². The molecule has 0 spiro atoms. The maximum absolute atomic E-state index is 12.2. The number of hydrogen-bond acceptors (Lipinski definition) is 4. The van der Waals surface area contributed by atoms with Gasteiger partial charge < -0.3 is 5.73 Å². The van der Waals surface area contributed by atoms with Crippen LogP contribution in [0.1, 0.15) is 21.5 Å². The van der Waals surface area contributed by atoms with E-state index in [1.165, 1.54) is 16.9 Å². The summed E-state index contributed by atoms with van der Waals surface area (Å²) in [5, 5.41) is 3.46. The number of aryl methyl sites for hydroxylation is 1. The van der Waals surface area contributed by atoms with Crippen molar-refractivity contribution >= 4 is 32.6 Å². The van der Waals surface area contributed by atoms with Crippen LogP contribution in [0.15, 0.2) is 42.5 Å². The van der Waals surface area contributed by atoms with Crippen molar-refractivity contribution < 1.29 is 4.79 Å². The zero-order valence-electron chi connectivity index (χ0n) is 11.6. The van der Waals surface area contributed by atoms with Gasteiger partial charge in [0.15, 0.2) is 5.13 Å². The molecule has 1 heterocycles. The van der Waals surface area contributed by atoms with E-state index in [4.69, 9.17) is 5.73 Å². The number of anilines is 1. The Hall–Kier alpha value is -2.24. The molecule has 0 saturated carbocycles. The first-order chi connectivity index (χ1) is 10.2. The zero-order valence-corrected chi connectivity index (χ0v) is 12.4. The van der Waals surface area contributed by atoms with Gasteiger partial charge in [-0.3, -0.25) is 10.1 Å². The normalized spacial score (nSPS) is 10.8. The highest BCUT2D eigenvalue weighted by molar-refractivity contribution is 7.22. The molecule has 1 aromatic heterocycles. The van der Waals surface area contributed by atoms with Crippen molar-refractivity contribution in [1.82, 2.24) is 4.98 Å². The molecule has 0 radical (unpaired) electrons. The van der Waals surface area contributed by atoms with E-state index in [1.54, 1.807) is 12.1 Å². The summed E-state index contributed by atoms with van der Waals surface area (Å²) in [5.74, 6) is -0.158. The second kappa shape index (κ2) is 5.63. The first kappa shape index (κ1) is 13.7. The first-order valence-electron chi connectivity index (χ1n) is 6.63. The number of nitrogens with zero attached hydrogens (tertiary/aromatic N) is 1. The summed E-state index contributed by atoms with van der Waals surface area (Å²) in [6.07, 6.45) is 0. The third-order valence-corrected chi connectivity index (χ3v) is 4.15. The van der Waals surface area contributed by atoms with Crippen molar-refractivity contribution in [2.75, 3.05) is 5.32 Å². The summed E-state index contributed by atoms with van der Waals surface area (Å²) in [6, 6.07) is 13.3. The molecule has 0 aliphatic heterocycles. The average molecular weight is 297 g/mol. The minimum atomic E-state index is -0.158. The molecule has 0 atom stereocenters. The number of nitrogens with one attached hydrogen (secondary N) is 1. The number of fused-ring (bicyclic) bond motifs is 1. The minimum Gasteiger partial charge on any atom is -0.326 e. The molecule has 5 heteroatoms. The largest absolute Gasteiger partial charge is 0.326 e. The summed E-state index contributed by atoms with van der Waals surface area (Å²) in [6.45, 7) is 2.51. The number of thiazole rings is 1. The smallest absolute Gasteiger partial charge is 0.257 e. The van der Waals surface area contributed by atoms with Crippen LogP contribution in [0.25, 0.3) is 10.2 Å². The maximum Gasteiger partial charge on any atom is 0.257 e. The Morgan fingerprint density at radius 3 is 2.71 bits per heavy atom. The van der Waals surface area contributed by atoms with Crippen molar-refractivity contribution in [3.05, 3.63) is 59.2 Å². The second-order valence-corrected chi connectivity index (χ2v) is 5.88. The first-order valence-corrected chi connectivity index (χ1v) is 7.45. The van der Waals surface area contributed by atoms with Gasteiger partial charge in [-0.25, -0.2) is 4.98 Å². The summed E-state index contributed by atoms with van der Waals surface area (Å²) in [4.78, 5) is 16.6. The minimum absolute atomic E-state index is 0.158. The van der Waals surface area contributed by atoms with E-state index in [1.807, 2.05) is 31.2 Å². The quantitative estimate of drug-likeness (QED) is 0.779. The molecule has 0 bridgehead atoms. The Kier molecular flexibility index (Phi) is 3.68. The van der Waals surface area contributed by atoms with Gasteiger partial charge >= 0.3 is 0 Å². The second-order valence-electron chi connectivity index (χ2n) is 4.85. The van der Waals surface area contributed by atoms with Gasteiger partial charge in [-0.2, -0.15) is 0 Å². The Labute approximate surface area is 126 Å². The molecule has 3 aromatic rings. The van der Waals surface area contributed by atoms with Crippen LogP contribution in [0.2, 0.25) is 0 Å². The van der Waals surface area contributed by atoms with Crippen LogP contribution in [-0.4, -0.2) is 10.9 Å².